The van der Waals surface area contributed by atoms with E-state index in [0.29, 0.717) is 0 Å². The third-order valence-corrected chi connectivity index (χ3v) is 5.12. The van der Waals surface area contributed by atoms with Gasteiger partial charge >= 0.3 is 0 Å². The van der Waals surface area contributed by atoms with Crippen molar-refractivity contribution in [1.82, 2.24) is 19.9 Å². The van der Waals surface area contributed by atoms with E-state index in [0.717, 1.165) is 48.1 Å². The number of carbonyl (C=O) groups is 1. The molecule has 1 aliphatic heterocycles. The summed E-state index contributed by atoms with van der Waals surface area (Å²) in [7, 11) is 1.91. The Morgan fingerprint density at radius 3 is 2.65 bits per heavy atom. The summed E-state index contributed by atoms with van der Waals surface area (Å²) in [6.45, 7) is 1.75. The molecule has 1 aliphatic rings. The van der Waals surface area contributed by atoms with Crippen molar-refractivity contribution >= 4 is 22.5 Å². The number of benzene rings is 1. The average molecular weight is 347 g/mol. The SMILES string of the molecule is CN(C(=O)c1cccc2cnccc12)C1CCN(c2cnccn2)CC1. The van der Waals surface area contributed by atoms with E-state index in [-0.39, 0.29) is 11.9 Å². The van der Waals surface area contributed by atoms with Gasteiger partial charge in [0.2, 0.25) is 0 Å². The molecular formula is C20H21N5O. The predicted octanol–water partition coefficient (Wildman–Crippen LogP) is 2.77. The Morgan fingerprint density at radius 1 is 1.08 bits per heavy atom. The first-order valence-corrected chi connectivity index (χ1v) is 8.85. The van der Waals surface area contributed by atoms with Crippen molar-refractivity contribution in [2.75, 3.05) is 25.0 Å². The number of aromatic nitrogens is 3. The number of anilines is 1. The fraction of sp³-hybridized carbons (Fsp3) is 0.300. The minimum Gasteiger partial charge on any atom is -0.355 e. The molecule has 0 unspecified atom stereocenters. The van der Waals surface area contributed by atoms with Gasteiger partial charge in [-0.3, -0.25) is 14.8 Å². The maximum absolute atomic E-state index is 13.1. The molecule has 3 aromatic rings. The summed E-state index contributed by atoms with van der Waals surface area (Å²) < 4.78 is 0. The summed E-state index contributed by atoms with van der Waals surface area (Å²) in [5.41, 5.74) is 0.740. The zero-order valence-electron chi connectivity index (χ0n) is 14.7. The molecule has 0 saturated carbocycles. The van der Waals surface area contributed by atoms with E-state index in [9.17, 15) is 4.79 Å². The van der Waals surface area contributed by atoms with Gasteiger partial charge in [-0.2, -0.15) is 0 Å². The molecule has 0 spiro atoms. The smallest absolute Gasteiger partial charge is 0.254 e. The number of hydrogen-bond acceptors (Lipinski definition) is 5. The van der Waals surface area contributed by atoms with Gasteiger partial charge in [0.15, 0.2) is 0 Å². The van der Waals surface area contributed by atoms with Crippen LogP contribution in [-0.2, 0) is 0 Å². The number of piperidine rings is 1. The molecule has 0 bridgehead atoms. The Labute approximate surface area is 152 Å². The number of fused-ring (bicyclic) bond motifs is 1. The van der Waals surface area contributed by atoms with Crippen LogP contribution in [-0.4, -0.2) is 51.9 Å². The summed E-state index contributed by atoms with van der Waals surface area (Å²) >= 11 is 0. The van der Waals surface area contributed by atoms with Crippen LogP contribution in [0.3, 0.4) is 0 Å². The monoisotopic (exact) mass is 347 g/mol. The molecular weight excluding hydrogens is 326 g/mol. The van der Waals surface area contributed by atoms with Crippen molar-refractivity contribution in [3.63, 3.8) is 0 Å². The topological polar surface area (TPSA) is 62.2 Å². The van der Waals surface area contributed by atoms with E-state index < -0.39 is 0 Å². The molecule has 1 saturated heterocycles. The summed E-state index contributed by atoms with van der Waals surface area (Å²) in [6, 6.07) is 7.94. The lowest BCUT2D eigenvalue weighted by Crippen LogP contribution is -2.46. The molecule has 4 rings (SSSR count). The van der Waals surface area contributed by atoms with Gasteiger partial charge < -0.3 is 9.80 Å². The highest BCUT2D eigenvalue weighted by Crippen LogP contribution is 2.23. The molecule has 0 atom stereocenters. The third-order valence-electron chi connectivity index (χ3n) is 5.12. The van der Waals surface area contributed by atoms with Crippen LogP contribution in [0.4, 0.5) is 5.82 Å². The summed E-state index contributed by atoms with van der Waals surface area (Å²) in [4.78, 5) is 29.8. The number of carbonyl (C=O) groups excluding carboxylic acids is 1. The first-order valence-electron chi connectivity index (χ1n) is 8.85. The van der Waals surface area contributed by atoms with E-state index in [1.807, 2.05) is 36.2 Å². The fourth-order valence-corrected chi connectivity index (χ4v) is 3.60. The van der Waals surface area contributed by atoms with Crippen molar-refractivity contribution in [3.05, 3.63) is 60.8 Å². The number of rotatable bonds is 3. The van der Waals surface area contributed by atoms with Crippen LogP contribution in [0.2, 0.25) is 0 Å². The van der Waals surface area contributed by atoms with E-state index in [1.165, 1.54) is 0 Å². The standard InChI is InChI=1S/C20H21N5O/c1-24(16-6-11-25(12-7-16)19-14-22-9-10-23-19)20(26)18-4-2-3-15-13-21-8-5-17(15)18/h2-5,8-10,13-14,16H,6-7,11-12H2,1H3. The van der Waals surface area contributed by atoms with Crippen LogP contribution < -0.4 is 4.90 Å². The van der Waals surface area contributed by atoms with Gasteiger partial charge in [0, 0.05) is 61.9 Å². The lowest BCUT2D eigenvalue weighted by atomic mass is 10.0. The normalized spacial score (nSPS) is 15.2. The van der Waals surface area contributed by atoms with Gasteiger partial charge in [-0.05, 0) is 30.4 Å². The van der Waals surface area contributed by atoms with Crippen LogP contribution in [0.1, 0.15) is 23.2 Å². The lowest BCUT2D eigenvalue weighted by Gasteiger charge is -2.37. The molecule has 1 aromatic carbocycles. The van der Waals surface area contributed by atoms with Crippen molar-refractivity contribution in [2.24, 2.45) is 0 Å². The first-order chi connectivity index (χ1) is 12.7. The van der Waals surface area contributed by atoms with Gasteiger partial charge in [0.25, 0.3) is 5.91 Å². The van der Waals surface area contributed by atoms with Gasteiger partial charge in [-0.1, -0.05) is 12.1 Å². The largest absolute Gasteiger partial charge is 0.355 e. The molecule has 0 N–H and O–H groups in total. The quantitative estimate of drug-likeness (QED) is 0.729. The van der Waals surface area contributed by atoms with E-state index in [4.69, 9.17) is 0 Å². The van der Waals surface area contributed by atoms with Crippen molar-refractivity contribution in [2.45, 2.75) is 18.9 Å². The second kappa shape index (κ2) is 7.07. The minimum absolute atomic E-state index is 0.0692. The maximum Gasteiger partial charge on any atom is 0.254 e. The molecule has 26 heavy (non-hydrogen) atoms. The third kappa shape index (κ3) is 3.10. The molecule has 0 radical (unpaired) electrons. The fourth-order valence-electron chi connectivity index (χ4n) is 3.60. The Bertz CT molecular complexity index is 901. The molecule has 1 amide bonds. The van der Waals surface area contributed by atoms with Crippen LogP contribution in [0, 0.1) is 0 Å². The van der Waals surface area contributed by atoms with Crippen LogP contribution in [0.15, 0.2) is 55.2 Å². The number of pyridine rings is 1. The molecule has 132 valence electrons. The van der Waals surface area contributed by atoms with Crippen molar-refractivity contribution in [1.29, 1.82) is 0 Å². The van der Waals surface area contributed by atoms with E-state index >= 15 is 0 Å². The Kier molecular flexibility index (Phi) is 4.48. The van der Waals surface area contributed by atoms with Crippen LogP contribution in [0.5, 0.6) is 0 Å². The van der Waals surface area contributed by atoms with E-state index in [2.05, 4.69) is 19.9 Å². The maximum atomic E-state index is 13.1. The second-order valence-electron chi connectivity index (χ2n) is 6.60. The Morgan fingerprint density at radius 2 is 1.88 bits per heavy atom. The number of hydrogen-bond donors (Lipinski definition) is 0. The van der Waals surface area contributed by atoms with Gasteiger partial charge in [-0.25, -0.2) is 4.98 Å². The van der Waals surface area contributed by atoms with E-state index in [1.54, 1.807) is 31.0 Å². The average Bonchev–Trinajstić information content (AvgIpc) is 2.73. The van der Waals surface area contributed by atoms with Gasteiger partial charge in [0.05, 0.1) is 6.20 Å². The zero-order chi connectivity index (χ0) is 17.9. The first kappa shape index (κ1) is 16.4. The van der Waals surface area contributed by atoms with Crippen molar-refractivity contribution in [3.8, 4) is 0 Å². The lowest BCUT2D eigenvalue weighted by molar-refractivity contribution is 0.0711. The molecule has 6 nitrogen and oxygen atoms in total. The summed E-state index contributed by atoms with van der Waals surface area (Å²) in [5, 5.41) is 1.94. The Balaban J connectivity index is 1.48. The minimum atomic E-state index is 0.0692. The van der Waals surface area contributed by atoms with Crippen LogP contribution >= 0.6 is 0 Å². The summed E-state index contributed by atoms with van der Waals surface area (Å²) in [5.74, 6) is 0.973. The molecule has 2 aromatic heterocycles. The molecule has 1 fully saturated rings. The zero-order valence-corrected chi connectivity index (χ0v) is 14.7. The predicted molar refractivity (Wildman–Crippen MR) is 101 cm³/mol. The highest BCUT2D eigenvalue weighted by Gasteiger charge is 2.27. The number of amides is 1. The summed E-state index contributed by atoms with van der Waals surface area (Å²) in [6.07, 6.45) is 10.6. The molecule has 3 heterocycles. The highest BCUT2D eigenvalue weighted by molar-refractivity contribution is 6.06. The second-order valence-corrected chi connectivity index (χ2v) is 6.60. The van der Waals surface area contributed by atoms with Gasteiger partial charge in [0.1, 0.15) is 5.82 Å². The Hall–Kier alpha value is -3.02. The molecule has 6 heteroatoms. The van der Waals surface area contributed by atoms with Gasteiger partial charge in [-0.15, -0.1) is 0 Å². The van der Waals surface area contributed by atoms with Crippen molar-refractivity contribution < 1.29 is 4.79 Å². The molecule has 0 aliphatic carbocycles. The highest BCUT2D eigenvalue weighted by atomic mass is 16.2. The van der Waals surface area contributed by atoms with Crippen LogP contribution in [0.25, 0.3) is 10.8 Å². The number of nitrogens with zero attached hydrogens (tertiary/aromatic N) is 5.